The van der Waals surface area contributed by atoms with Crippen LogP contribution in [-0.4, -0.2) is 35.1 Å². The number of hydrogen-bond acceptors (Lipinski definition) is 6. The summed E-state index contributed by atoms with van der Waals surface area (Å²) < 4.78 is 14.3. The molecule has 0 saturated carbocycles. The molecule has 31 heavy (non-hydrogen) atoms. The van der Waals surface area contributed by atoms with Gasteiger partial charge in [-0.15, -0.1) is 11.3 Å². The Labute approximate surface area is 190 Å². The monoisotopic (exact) mass is 459 g/mol. The van der Waals surface area contributed by atoms with Crippen LogP contribution in [0.25, 0.3) is 10.2 Å². The average Bonchev–Trinajstić information content (AvgIpc) is 3.36. The normalized spacial score (nSPS) is 22.4. The van der Waals surface area contributed by atoms with Gasteiger partial charge < -0.3 is 14.8 Å². The highest BCUT2D eigenvalue weighted by atomic mass is 35.5. The summed E-state index contributed by atoms with van der Waals surface area (Å²) in [6, 6.07) is 3.83. The van der Waals surface area contributed by atoms with Gasteiger partial charge in [-0.05, 0) is 51.8 Å². The highest BCUT2D eigenvalue weighted by Gasteiger charge is 2.28. The second kappa shape index (κ2) is 7.88. The van der Waals surface area contributed by atoms with Crippen LogP contribution in [0.3, 0.4) is 0 Å². The number of nitrogens with zero attached hydrogens (tertiary/aromatic N) is 2. The minimum atomic E-state index is -0.629. The molecule has 0 aromatic carbocycles. The molecule has 4 heterocycles. The van der Waals surface area contributed by atoms with Crippen LogP contribution < -0.4 is 5.32 Å². The number of aliphatic imine (C=N–C) groups is 1. The first kappa shape index (κ1) is 21.7. The topological polar surface area (TPSA) is 64.8 Å². The molecule has 2 aromatic rings. The summed E-state index contributed by atoms with van der Waals surface area (Å²) in [6.45, 7) is 9.74. The van der Waals surface area contributed by atoms with Crippen molar-refractivity contribution in [1.82, 2.24) is 9.88 Å². The van der Waals surface area contributed by atoms with Gasteiger partial charge in [0.15, 0.2) is 0 Å². The predicted molar refractivity (Wildman–Crippen MR) is 126 cm³/mol. The van der Waals surface area contributed by atoms with Crippen LogP contribution >= 0.6 is 22.9 Å². The highest BCUT2D eigenvalue weighted by Crippen LogP contribution is 2.35. The molecule has 2 aromatic heterocycles. The van der Waals surface area contributed by atoms with Crippen molar-refractivity contribution in [2.45, 2.75) is 46.3 Å². The Morgan fingerprint density at radius 3 is 2.71 bits per heavy atom. The van der Waals surface area contributed by atoms with Crippen molar-refractivity contribution in [3.63, 3.8) is 0 Å². The number of methoxy groups -OCH3 is 1. The molecule has 0 saturated heterocycles. The maximum absolute atomic E-state index is 13.1. The first-order valence-electron chi connectivity index (χ1n) is 10.1. The number of thiophene rings is 1. The number of rotatable bonds is 3. The lowest BCUT2D eigenvalue weighted by atomic mass is 10.0. The summed E-state index contributed by atoms with van der Waals surface area (Å²) in [6.07, 6.45) is 5.65. The zero-order valence-electron chi connectivity index (χ0n) is 18.4. The van der Waals surface area contributed by atoms with Crippen LogP contribution in [0, 0.1) is 5.92 Å². The number of halogens is 1. The zero-order valence-corrected chi connectivity index (χ0v) is 20.0. The van der Waals surface area contributed by atoms with Gasteiger partial charge in [-0.3, -0.25) is 0 Å². The predicted octanol–water partition coefficient (Wildman–Crippen LogP) is 5.87. The lowest BCUT2D eigenvalue weighted by Gasteiger charge is -2.20. The fraction of sp³-hybridized carbons (Fsp3) is 0.391. The standard InChI is InChI=1S/C23H26ClN3O3S/c1-12-7-13(2)25-14(12)8-16-19(29-6)9-15(26-16)17-10-20-18(11-21(24)31-20)27(17)22(28)30-23(3,4)5/h7-12,14,25H,1-6H3/b16-8-. The van der Waals surface area contributed by atoms with Gasteiger partial charge in [-0.2, -0.15) is 0 Å². The maximum atomic E-state index is 13.1. The Kier molecular flexibility index (Phi) is 5.52. The van der Waals surface area contributed by atoms with E-state index in [1.54, 1.807) is 13.2 Å². The molecular weight excluding hydrogens is 434 g/mol. The molecule has 2 atom stereocenters. The molecule has 2 unspecified atom stereocenters. The average molecular weight is 460 g/mol. The van der Waals surface area contributed by atoms with Crippen LogP contribution in [0.5, 0.6) is 0 Å². The van der Waals surface area contributed by atoms with Gasteiger partial charge in [0.05, 0.1) is 39.1 Å². The van der Waals surface area contributed by atoms with Gasteiger partial charge in [0.2, 0.25) is 0 Å². The van der Waals surface area contributed by atoms with E-state index in [9.17, 15) is 4.79 Å². The molecule has 0 radical (unpaired) electrons. The lowest BCUT2D eigenvalue weighted by Crippen LogP contribution is -2.28. The number of aromatic nitrogens is 1. The Morgan fingerprint density at radius 2 is 2.10 bits per heavy atom. The third kappa shape index (κ3) is 4.29. The molecule has 6 nitrogen and oxygen atoms in total. The number of ether oxygens (including phenoxy) is 2. The van der Waals surface area contributed by atoms with Crippen molar-refractivity contribution >= 4 is 45.0 Å². The molecule has 0 spiro atoms. The molecule has 8 heteroatoms. The van der Waals surface area contributed by atoms with E-state index in [2.05, 4.69) is 31.3 Å². The van der Waals surface area contributed by atoms with E-state index < -0.39 is 11.7 Å². The number of carbonyl (C=O) groups excluding carboxylic acids is 1. The van der Waals surface area contributed by atoms with Crippen LogP contribution in [0.15, 0.2) is 52.5 Å². The zero-order chi connectivity index (χ0) is 22.5. The van der Waals surface area contributed by atoms with Crippen LogP contribution in [0.4, 0.5) is 4.79 Å². The van der Waals surface area contributed by atoms with Crippen LogP contribution in [0.1, 0.15) is 40.3 Å². The Morgan fingerprint density at radius 1 is 1.35 bits per heavy atom. The molecule has 164 valence electrons. The van der Waals surface area contributed by atoms with E-state index in [0.717, 1.165) is 16.1 Å². The molecular formula is C23H26ClN3O3S. The van der Waals surface area contributed by atoms with Crippen molar-refractivity contribution in [3.8, 4) is 0 Å². The smallest absolute Gasteiger partial charge is 0.419 e. The van der Waals surface area contributed by atoms with Gasteiger partial charge >= 0.3 is 6.09 Å². The molecule has 0 amide bonds. The molecule has 1 N–H and O–H groups in total. The Balaban J connectivity index is 1.78. The third-order valence-electron chi connectivity index (χ3n) is 5.09. The summed E-state index contributed by atoms with van der Waals surface area (Å²) in [5.41, 5.74) is 3.25. The second-order valence-electron chi connectivity index (χ2n) is 8.79. The van der Waals surface area contributed by atoms with E-state index in [1.807, 2.05) is 32.9 Å². The van der Waals surface area contributed by atoms with Gasteiger partial charge in [-0.25, -0.2) is 14.4 Å². The number of fused-ring (bicyclic) bond motifs is 1. The quantitative estimate of drug-likeness (QED) is 0.623. The van der Waals surface area contributed by atoms with E-state index in [1.165, 1.54) is 15.9 Å². The summed E-state index contributed by atoms with van der Waals surface area (Å²) in [5, 5.41) is 3.45. The number of allylic oxidation sites excluding steroid dienone is 2. The summed E-state index contributed by atoms with van der Waals surface area (Å²) in [7, 11) is 1.62. The van der Waals surface area contributed by atoms with Crippen molar-refractivity contribution in [3.05, 3.63) is 57.5 Å². The fourth-order valence-electron chi connectivity index (χ4n) is 3.79. The fourth-order valence-corrected chi connectivity index (χ4v) is 4.95. The van der Waals surface area contributed by atoms with Gasteiger partial charge in [0.1, 0.15) is 17.1 Å². The second-order valence-corrected chi connectivity index (χ2v) is 10.5. The number of nitrogens with one attached hydrogen (secondary N) is 1. The summed E-state index contributed by atoms with van der Waals surface area (Å²) >= 11 is 7.62. The maximum Gasteiger partial charge on any atom is 0.419 e. The minimum absolute atomic E-state index is 0.136. The summed E-state index contributed by atoms with van der Waals surface area (Å²) in [4.78, 5) is 17.9. The third-order valence-corrected chi connectivity index (χ3v) is 6.29. The minimum Gasteiger partial charge on any atom is -0.494 e. The highest BCUT2D eigenvalue weighted by molar-refractivity contribution is 7.22. The van der Waals surface area contributed by atoms with Crippen molar-refractivity contribution < 1.29 is 14.3 Å². The number of hydrogen-bond donors (Lipinski definition) is 1. The van der Waals surface area contributed by atoms with Gasteiger partial charge in [0.25, 0.3) is 0 Å². The van der Waals surface area contributed by atoms with E-state index in [-0.39, 0.29) is 6.04 Å². The van der Waals surface area contributed by atoms with Gasteiger partial charge in [-0.1, -0.05) is 24.6 Å². The molecule has 0 aliphatic carbocycles. The first-order chi connectivity index (χ1) is 14.6. The largest absolute Gasteiger partial charge is 0.494 e. The molecule has 0 bridgehead atoms. The van der Waals surface area contributed by atoms with Crippen LogP contribution in [0.2, 0.25) is 4.34 Å². The van der Waals surface area contributed by atoms with E-state index in [0.29, 0.717) is 32.9 Å². The van der Waals surface area contributed by atoms with Crippen molar-refractivity contribution in [2.24, 2.45) is 10.9 Å². The SMILES string of the molecule is COC1=CC(c2cc3sc(Cl)cc3n2C(=O)OC(C)(C)C)=N/C1=C\C1NC(C)=CC1C. The number of carbonyl (C=O) groups is 1. The van der Waals surface area contributed by atoms with Crippen LogP contribution in [-0.2, 0) is 9.47 Å². The molecule has 2 aliphatic heterocycles. The Hall–Kier alpha value is -2.51. The van der Waals surface area contributed by atoms with E-state index >= 15 is 0 Å². The Bertz CT molecular complexity index is 1180. The summed E-state index contributed by atoms with van der Waals surface area (Å²) in [5.74, 6) is 1.01. The molecule has 4 rings (SSSR count). The first-order valence-corrected chi connectivity index (χ1v) is 11.3. The molecule has 2 aliphatic rings. The van der Waals surface area contributed by atoms with E-state index in [4.69, 9.17) is 26.1 Å². The molecule has 0 fully saturated rings. The van der Waals surface area contributed by atoms with Crippen molar-refractivity contribution in [2.75, 3.05) is 7.11 Å². The lowest BCUT2D eigenvalue weighted by molar-refractivity contribution is 0.0544. The van der Waals surface area contributed by atoms with Gasteiger partial charge in [0, 0.05) is 11.8 Å². The van der Waals surface area contributed by atoms with Crippen molar-refractivity contribution in [1.29, 1.82) is 0 Å².